The molecule has 0 bridgehead atoms. The molecular formula is C17H21NO4. The van der Waals surface area contributed by atoms with Crippen molar-refractivity contribution in [2.24, 2.45) is 5.92 Å². The minimum absolute atomic E-state index is 0.0557. The number of amides is 1. The van der Waals surface area contributed by atoms with Crippen LogP contribution in [-0.4, -0.2) is 36.2 Å². The summed E-state index contributed by atoms with van der Waals surface area (Å²) in [4.78, 5) is 23.1. The molecule has 1 aliphatic rings. The van der Waals surface area contributed by atoms with E-state index in [1.54, 1.807) is 0 Å². The average Bonchev–Trinajstić information content (AvgIpc) is 3.26. The fourth-order valence-electron chi connectivity index (χ4n) is 2.52. The summed E-state index contributed by atoms with van der Waals surface area (Å²) in [5.74, 6) is -0.621. The van der Waals surface area contributed by atoms with E-state index in [2.05, 4.69) is 24.0 Å². The van der Waals surface area contributed by atoms with E-state index in [-0.39, 0.29) is 19.1 Å². The van der Waals surface area contributed by atoms with Gasteiger partial charge >= 0.3 is 5.97 Å². The molecule has 1 aromatic rings. The zero-order valence-corrected chi connectivity index (χ0v) is 12.4. The molecule has 118 valence electrons. The van der Waals surface area contributed by atoms with E-state index < -0.39 is 12.0 Å². The van der Waals surface area contributed by atoms with Gasteiger partial charge in [0, 0.05) is 6.42 Å². The number of carboxylic acid groups (broad SMARTS) is 1. The molecule has 1 fully saturated rings. The fourth-order valence-corrected chi connectivity index (χ4v) is 2.52. The third-order valence-electron chi connectivity index (χ3n) is 3.75. The van der Waals surface area contributed by atoms with Crippen LogP contribution < -0.4 is 5.32 Å². The Morgan fingerprint density at radius 2 is 2.14 bits per heavy atom. The predicted octanol–water partition coefficient (Wildman–Crippen LogP) is 1.95. The summed E-state index contributed by atoms with van der Waals surface area (Å²) in [6.45, 7) is 3.69. The minimum Gasteiger partial charge on any atom is -0.480 e. The van der Waals surface area contributed by atoms with Crippen LogP contribution in [0.15, 0.2) is 43.0 Å². The highest BCUT2D eigenvalue weighted by Crippen LogP contribution is 2.49. The van der Waals surface area contributed by atoms with E-state index in [1.165, 1.54) is 11.6 Å². The number of carboxylic acids is 1. The minimum atomic E-state index is -1.09. The maximum Gasteiger partial charge on any atom is 0.328 e. The summed E-state index contributed by atoms with van der Waals surface area (Å²) in [7, 11) is 0. The first kappa shape index (κ1) is 16.2. The van der Waals surface area contributed by atoms with Gasteiger partial charge in [0.05, 0.1) is 13.2 Å². The highest BCUT2D eigenvalue weighted by atomic mass is 16.5. The predicted molar refractivity (Wildman–Crippen MR) is 82.5 cm³/mol. The number of hydrogen-bond donors (Lipinski definition) is 2. The van der Waals surface area contributed by atoms with Crippen LogP contribution in [0, 0.1) is 5.92 Å². The number of carbonyl (C=O) groups excluding carboxylic acids is 1. The summed E-state index contributed by atoms with van der Waals surface area (Å²) in [6.07, 6.45) is 2.86. The Labute approximate surface area is 130 Å². The Hall–Kier alpha value is -2.14. The molecule has 5 heteroatoms. The van der Waals surface area contributed by atoms with Crippen LogP contribution in [0.1, 0.15) is 24.3 Å². The van der Waals surface area contributed by atoms with Crippen LogP contribution in [0.3, 0.4) is 0 Å². The summed E-state index contributed by atoms with van der Waals surface area (Å²) in [6, 6.07) is 9.05. The number of nitrogens with one attached hydrogen (secondary N) is 1. The molecule has 1 aromatic carbocycles. The maximum atomic E-state index is 12.0. The first-order valence-electron chi connectivity index (χ1n) is 7.37. The SMILES string of the molecule is C=CCOCC(NC(=O)C[C@@H]1C[C@H]1c1ccccc1)C(=O)O. The molecule has 0 heterocycles. The van der Waals surface area contributed by atoms with Gasteiger partial charge in [-0.2, -0.15) is 0 Å². The van der Waals surface area contributed by atoms with Crippen LogP contribution in [0.4, 0.5) is 0 Å². The van der Waals surface area contributed by atoms with Crippen molar-refractivity contribution in [2.45, 2.75) is 24.8 Å². The molecule has 0 spiro atoms. The van der Waals surface area contributed by atoms with Gasteiger partial charge < -0.3 is 15.2 Å². The zero-order chi connectivity index (χ0) is 15.9. The molecule has 0 aromatic heterocycles. The number of ether oxygens (including phenoxy) is 1. The van der Waals surface area contributed by atoms with Gasteiger partial charge in [-0.15, -0.1) is 6.58 Å². The van der Waals surface area contributed by atoms with E-state index in [9.17, 15) is 9.59 Å². The van der Waals surface area contributed by atoms with E-state index >= 15 is 0 Å². The Morgan fingerprint density at radius 1 is 1.41 bits per heavy atom. The second-order valence-electron chi connectivity index (χ2n) is 5.50. The zero-order valence-electron chi connectivity index (χ0n) is 12.4. The molecule has 1 saturated carbocycles. The molecule has 3 atom stereocenters. The maximum absolute atomic E-state index is 12.0. The number of hydrogen-bond acceptors (Lipinski definition) is 3. The van der Waals surface area contributed by atoms with Gasteiger partial charge in [0.25, 0.3) is 0 Å². The molecule has 22 heavy (non-hydrogen) atoms. The Morgan fingerprint density at radius 3 is 2.77 bits per heavy atom. The standard InChI is InChI=1S/C17H21NO4/c1-2-8-22-11-15(17(20)21)18-16(19)10-13-9-14(13)12-6-4-3-5-7-12/h2-7,13-15H,1,8-11H2,(H,18,19)(H,20,21)/t13-,14-,15?/m0/s1. The van der Waals surface area contributed by atoms with Crippen LogP contribution in [-0.2, 0) is 14.3 Å². The van der Waals surface area contributed by atoms with Gasteiger partial charge in [0.15, 0.2) is 6.04 Å². The Balaban J connectivity index is 1.77. The summed E-state index contributed by atoms with van der Waals surface area (Å²) in [5.41, 5.74) is 1.24. The lowest BCUT2D eigenvalue weighted by Gasteiger charge is -2.14. The van der Waals surface area contributed by atoms with E-state index in [0.717, 1.165) is 6.42 Å². The van der Waals surface area contributed by atoms with Gasteiger partial charge in [0.2, 0.25) is 5.91 Å². The lowest BCUT2D eigenvalue weighted by molar-refractivity contribution is -0.143. The van der Waals surface area contributed by atoms with Gasteiger partial charge in [-0.25, -0.2) is 4.79 Å². The van der Waals surface area contributed by atoms with Crippen LogP contribution >= 0.6 is 0 Å². The molecule has 1 amide bonds. The van der Waals surface area contributed by atoms with Crippen LogP contribution in [0.25, 0.3) is 0 Å². The molecule has 2 rings (SSSR count). The third-order valence-corrected chi connectivity index (χ3v) is 3.75. The lowest BCUT2D eigenvalue weighted by Crippen LogP contribution is -2.44. The van der Waals surface area contributed by atoms with Crippen molar-refractivity contribution in [1.29, 1.82) is 0 Å². The summed E-state index contributed by atoms with van der Waals surface area (Å²) in [5, 5.41) is 11.6. The van der Waals surface area contributed by atoms with Gasteiger partial charge in [0.1, 0.15) is 0 Å². The number of aliphatic carboxylic acids is 1. The molecular weight excluding hydrogens is 282 g/mol. The van der Waals surface area contributed by atoms with Crippen molar-refractivity contribution in [3.05, 3.63) is 48.6 Å². The number of benzene rings is 1. The molecule has 0 radical (unpaired) electrons. The topological polar surface area (TPSA) is 75.6 Å². The van der Waals surface area contributed by atoms with Crippen LogP contribution in [0.5, 0.6) is 0 Å². The lowest BCUT2D eigenvalue weighted by atomic mass is 10.1. The van der Waals surface area contributed by atoms with Gasteiger partial charge in [-0.3, -0.25) is 4.79 Å². The van der Waals surface area contributed by atoms with Gasteiger partial charge in [-0.05, 0) is 23.8 Å². The van der Waals surface area contributed by atoms with Gasteiger partial charge in [-0.1, -0.05) is 36.4 Å². The summed E-state index contributed by atoms with van der Waals surface area (Å²) >= 11 is 0. The fraction of sp³-hybridized carbons (Fsp3) is 0.412. The van der Waals surface area contributed by atoms with Crippen molar-refractivity contribution in [3.8, 4) is 0 Å². The molecule has 2 N–H and O–H groups in total. The van der Waals surface area contributed by atoms with Crippen molar-refractivity contribution in [1.82, 2.24) is 5.32 Å². The first-order valence-corrected chi connectivity index (χ1v) is 7.37. The first-order chi connectivity index (χ1) is 10.6. The van der Waals surface area contributed by atoms with Crippen LogP contribution in [0.2, 0.25) is 0 Å². The van der Waals surface area contributed by atoms with E-state index in [4.69, 9.17) is 9.84 Å². The quantitative estimate of drug-likeness (QED) is 0.540. The van der Waals surface area contributed by atoms with Crippen molar-refractivity contribution < 1.29 is 19.4 Å². The average molecular weight is 303 g/mol. The third kappa shape index (κ3) is 4.70. The summed E-state index contributed by atoms with van der Waals surface area (Å²) < 4.78 is 5.10. The van der Waals surface area contributed by atoms with E-state index in [0.29, 0.717) is 18.3 Å². The van der Waals surface area contributed by atoms with Crippen molar-refractivity contribution in [3.63, 3.8) is 0 Å². The molecule has 1 unspecified atom stereocenters. The molecule has 5 nitrogen and oxygen atoms in total. The highest BCUT2D eigenvalue weighted by molar-refractivity contribution is 5.84. The van der Waals surface area contributed by atoms with Crippen molar-refractivity contribution in [2.75, 3.05) is 13.2 Å². The smallest absolute Gasteiger partial charge is 0.328 e. The highest BCUT2D eigenvalue weighted by Gasteiger charge is 2.39. The normalized spacial score (nSPS) is 20.9. The Kier molecular flexibility index (Phi) is 5.72. The molecule has 0 aliphatic heterocycles. The van der Waals surface area contributed by atoms with E-state index in [1.807, 2.05) is 18.2 Å². The molecule has 1 aliphatic carbocycles. The Bertz CT molecular complexity index is 529. The number of carbonyl (C=O) groups is 2. The second kappa shape index (κ2) is 7.75. The second-order valence-corrected chi connectivity index (χ2v) is 5.50. The van der Waals surface area contributed by atoms with Crippen molar-refractivity contribution >= 4 is 11.9 Å². The number of rotatable bonds is 9. The molecule has 0 saturated heterocycles. The largest absolute Gasteiger partial charge is 0.480 e. The monoisotopic (exact) mass is 303 g/mol.